The Bertz CT molecular complexity index is 479. The summed E-state index contributed by atoms with van der Waals surface area (Å²) in [6, 6.07) is 4.60. The second kappa shape index (κ2) is 6.01. The molecule has 0 radical (unpaired) electrons. The number of hydrogen-bond acceptors (Lipinski definition) is 2. The van der Waals surface area contributed by atoms with Crippen LogP contribution in [0.15, 0.2) is 18.2 Å². The summed E-state index contributed by atoms with van der Waals surface area (Å²) in [4.78, 5) is 2.21. The third kappa shape index (κ3) is 3.43. The molecule has 116 valence electrons. The lowest BCUT2D eigenvalue weighted by molar-refractivity contribution is 0.154. The number of likely N-dealkylation sites (tertiary alicyclic amines) is 1. The van der Waals surface area contributed by atoms with Crippen LogP contribution in [0.5, 0.6) is 0 Å². The van der Waals surface area contributed by atoms with Gasteiger partial charge in [-0.2, -0.15) is 0 Å². The van der Waals surface area contributed by atoms with E-state index in [2.05, 4.69) is 10.2 Å². The van der Waals surface area contributed by atoms with Gasteiger partial charge in [0.1, 0.15) is 11.5 Å². The van der Waals surface area contributed by atoms with Gasteiger partial charge in [-0.25, -0.2) is 8.78 Å². The van der Waals surface area contributed by atoms with Crippen molar-refractivity contribution in [3.63, 3.8) is 0 Å². The molecular formula is C17H24F2N2. The topological polar surface area (TPSA) is 15.3 Å². The molecule has 2 atom stereocenters. The predicted octanol–water partition coefficient (Wildman–Crippen LogP) is 3.00. The average molecular weight is 294 g/mol. The third-order valence-corrected chi connectivity index (χ3v) is 4.77. The fourth-order valence-electron chi connectivity index (χ4n) is 3.68. The lowest BCUT2D eigenvalue weighted by Crippen LogP contribution is -2.38. The van der Waals surface area contributed by atoms with Gasteiger partial charge in [0, 0.05) is 19.6 Å². The number of nitrogens with one attached hydrogen (secondary N) is 1. The largest absolute Gasteiger partial charge is 0.316 e. The molecular weight excluding hydrogens is 270 g/mol. The first-order valence-corrected chi connectivity index (χ1v) is 7.95. The number of halogens is 2. The molecule has 2 nitrogen and oxygen atoms in total. The van der Waals surface area contributed by atoms with E-state index < -0.39 is 5.67 Å². The summed E-state index contributed by atoms with van der Waals surface area (Å²) in [6.07, 6.45) is 2.90. The van der Waals surface area contributed by atoms with Gasteiger partial charge < -0.3 is 5.32 Å². The molecule has 1 aromatic carbocycles. The van der Waals surface area contributed by atoms with Gasteiger partial charge >= 0.3 is 0 Å². The van der Waals surface area contributed by atoms with Gasteiger partial charge in [0.25, 0.3) is 0 Å². The molecule has 2 saturated heterocycles. The zero-order chi connectivity index (χ0) is 14.9. The lowest BCUT2D eigenvalue weighted by atomic mass is 9.93. The molecule has 0 spiro atoms. The van der Waals surface area contributed by atoms with Crippen molar-refractivity contribution in [3.8, 4) is 0 Å². The van der Waals surface area contributed by atoms with Crippen LogP contribution in [-0.2, 0) is 5.67 Å². The van der Waals surface area contributed by atoms with E-state index in [4.69, 9.17) is 0 Å². The van der Waals surface area contributed by atoms with Crippen LogP contribution in [0.3, 0.4) is 0 Å². The number of benzene rings is 1. The quantitative estimate of drug-likeness (QED) is 0.922. The number of alkyl halides is 1. The Morgan fingerprint density at radius 1 is 1.38 bits per heavy atom. The molecule has 2 heterocycles. The van der Waals surface area contributed by atoms with Gasteiger partial charge in [0.15, 0.2) is 0 Å². The molecule has 2 aliphatic rings. The first-order valence-electron chi connectivity index (χ1n) is 7.95. The van der Waals surface area contributed by atoms with Crippen molar-refractivity contribution in [1.29, 1.82) is 0 Å². The smallest absolute Gasteiger partial charge is 0.149 e. The average Bonchev–Trinajstić information content (AvgIpc) is 2.82. The third-order valence-electron chi connectivity index (χ3n) is 4.77. The predicted molar refractivity (Wildman–Crippen MR) is 80.6 cm³/mol. The highest BCUT2D eigenvalue weighted by Gasteiger charge is 2.40. The van der Waals surface area contributed by atoms with E-state index in [-0.39, 0.29) is 5.82 Å². The summed E-state index contributed by atoms with van der Waals surface area (Å²) in [6.45, 7) is 6.07. The second-order valence-corrected chi connectivity index (χ2v) is 6.68. The Morgan fingerprint density at radius 2 is 2.24 bits per heavy atom. The maximum Gasteiger partial charge on any atom is 0.149 e. The van der Waals surface area contributed by atoms with Crippen molar-refractivity contribution in [3.05, 3.63) is 35.1 Å². The number of nitrogens with zero attached hydrogens (tertiary/aromatic N) is 1. The van der Waals surface area contributed by atoms with E-state index >= 15 is 4.39 Å². The van der Waals surface area contributed by atoms with Gasteiger partial charge in [-0.3, -0.25) is 4.90 Å². The standard InChI is InChI=1S/C17H24F2N2/c1-13-7-15(9-16(18)8-13)17(19)4-6-21(12-17)11-14-3-2-5-20-10-14/h7-9,14,20H,2-6,10-12H2,1H3. The highest BCUT2D eigenvalue weighted by Crippen LogP contribution is 2.37. The molecule has 2 unspecified atom stereocenters. The van der Waals surface area contributed by atoms with Crippen LogP contribution in [0.25, 0.3) is 0 Å². The summed E-state index contributed by atoms with van der Waals surface area (Å²) >= 11 is 0. The van der Waals surface area contributed by atoms with E-state index in [1.807, 2.05) is 6.92 Å². The maximum absolute atomic E-state index is 15.2. The summed E-state index contributed by atoms with van der Waals surface area (Å²) in [5, 5.41) is 3.41. The second-order valence-electron chi connectivity index (χ2n) is 6.68. The molecule has 0 bridgehead atoms. The van der Waals surface area contributed by atoms with Gasteiger partial charge in [0.2, 0.25) is 0 Å². The number of rotatable bonds is 3. The minimum absolute atomic E-state index is 0.336. The molecule has 0 saturated carbocycles. The van der Waals surface area contributed by atoms with E-state index in [0.717, 1.165) is 31.7 Å². The zero-order valence-corrected chi connectivity index (χ0v) is 12.7. The Kier molecular flexibility index (Phi) is 4.27. The van der Waals surface area contributed by atoms with Crippen LogP contribution in [0.1, 0.15) is 30.4 Å². The lowest BCUT2D eigenvalue weighted by Gasteiger charge is -2.28. The zero-order valence-electron chi connectivity index (χ0n) is 12.7. The Morgan fingerprint density at radius 3 is 2.95 bits per heavy atom. The summed E-state index contributed by atoms with van der Waals surface area (Å²) in [5.41, 5.74) is -0.101. The molecule has 1 N–H and O–H groups in total. The fraction of sp³-hybridized carbons (Fsp3) is 0.647. The van der Waals surface area contributed by atoms with Crippen molar-refractivity contribution >= 4 is 0 Å². The molecule has 3 rings (SSSR count). The van der Waals surface area contributed by atoms with E-state index in [9.17, 15) is 4.39 Å². The number of hydrogen-bond donors (Lipinski definition) is 1. The molecule has 2 aliphatic heterocycles. The molecule has 4 heteroatoms. The number of aryl methyl sites for hydroxylation is 1. The van der Waals surface area contributed by atoms with Crippen LogP contribution in [0, 0.1) is 18.7 Å². The summed E-state index contributed by atoms with van der Waals surface area (Å²) < 4.78 is 28.7. The monoisotopic (exact) mass is 294 g/mol. The molecule has 0 amide bonds. The molecule has 1 aromatic rings. The van der Waals surface area contributed by atoms with Crippen LogP contribution >= 0.6 is 0 Å². The van der Waals surface area contributed by atoms with E-state index in [1.54, 1.807) is 6.07 Å². The van der Waals surface area contributed by atoms with Gasteiger partial charge in [-0.15, -0.1) is 0 Å². The van der Waals surface area contributed by atoms with E-state index in [0.29, 0.717) is 24.4 Å². The van der Waals surface area contributed by atoms with Crippen LogP contribution in [0.2, 0.25) is 0 Å². The number of piperidine rings is 1. The fourth-order valence-corrected chi connectivity index (χ4v) is 3.68. The SMILES string of the molecule is Cc1cc(F)cc(C2(F)CCN(CC3CCCNC3)C2)c1. The van der Waals surface area contributed by atoms with Crippen LogP contribution in [0.4, 0.5) is 8.78 Å². The van der Waals surface area contributed by atoms with E-state index in [1.165, 1.54) is 25.0 Å². The Hall–Kier alpha value is -1.00. The summed E-state index contributed by atoms with van der Waals surface area (Å²) in [5.74, 6) is 0.285. The maximum atomic E-state index is 15.2. The Labute approximate surface area is 125 Å². The first-order chi connectivity index (χ1) is 10.0. The minimum Gasteiger partial charge on any atom is -0.316 e. The van der Waals surface area contributed by atoms with Crippen molar-refractivity contribution < 1.29 is 8.78 Å². The molecule has 0 aromatic heterocycles. The van der Waals surface area contributed by atoms with Gasteiger partial charge in [-0.1, -0.05) is 6.07 Å². The minimum atomic E-state index is -1.39. The van der Waals surface area contributed by atoms with Crippen LogP contribution < -0.4 is 5.32 Å². The van der Waals surface area contributed by atoms with Crippen molar-refractivity contribution in [2.24, 2.45) is 5.92 Å². The first kappa shape index (κ1) is 14.9. The Balaban J connectivity index is 1.66. The van der Waals surface area contributed by atoms with Gasteiger partial charge in [0.05, 0.1) is 0 Å². The van der Waals surface area contributed by atoms with Crippen molar-refractivity contribution in [1.82, 2.24) is 10.2 Å². The molecule has 0 aliphatic carbocycles. The van der Waals surface area contributed by atoms with Gasteiger partial charge in [-0.05, 0) is 68.5 Å². The molecule has 2 fully saturated rings. The highest BCUT2D eigenvalue weighted by atomic mass is 19.1. The molecule has 21 heavy (non-hydrogen) atoms. The normalized spacial score (nSPS) is 30.7. The summed E-state index contributed by atoms with van der Waals surface area (Å²) in [7, 11) is 0. The van der Waals surface area contributed by atoms with Crippen molar-refractivity contribution in [2.45, 2.75) is 31.9 Å². The van der Waals surface area contributed by atoms with Crippen molar-refractivity contribution in [2.75, 3.05) is 32.7 Å². The van der Waals surface area contributed by atoms with Crippen LogP contribution in [-0.4, -0.2) is 37.6 Å². The highest BCUT2D eigenvalue weighted by molar-refractivity contribution is 5.30.